The van der Waals surface area contributed by atoms with Gasteiger partial charge in [0.1, 0.15) is 40.5 Å². The van der Waals surface area contributed by atoms with Gasteiger partial charge in [0.15, 0.2) is 0 Å². The molecule has 3 N–H and O–H groups in total. The first-order valence-corrected chi connectivity index (χ1v) is 21.6. The van der Waals surface area contributed by atoms with Crippen molar-refractivity contribution in [2.45, 2.75) is 51.8 Å². The molecule has 0 radical (unpaired) electrons. The van der Waals surface area contributed by atoms with E-state index >= 15 is 0 Å². The number of likely N-dealkylation sites (tertiary alicyclic amines) is 1. The van der Waals surface area contributed by atoms with Gasteiger partial charge in [0.05, 0.1) is 33.4 Å². The maximum Gasteiger partial charge on any atom is 0.243 e. The number of phenolic OH excluding ortho intramolecular Hbond substituents is 1. The maximum absolute atomic E-state index is 14.2. The molecule has 9 rings (SSSR count). The summed E-state index contributed by atoms with van der Waals surface area (Å²) in [5.41, 5.74) is 8.87. The number of aliphatic hydroxyl groups excluding tert-OH is 1. The summed E-state index contributed by atoms with van der Waals surface area (Å²) in [6, 6.07) is 20.0. The van der Waals surface area contributed by atoms with Gasteiger partial charge in [-0.15, -0.1) is 21.5 Å². The molecule has 0 aliphatic carbocycles. The maximum atomic E-state index is 14.2. The standard InChI is InChI=1S/C45H47N11O5S/c1-26(2)41(44(60)56-24-31(57)17-37(56)43(59)46-21-28-9-11-29(12-10-28)42-27(3)49-25-62-42)39-19-33(52-61-39)30-22-47-45(48-23-30)55-15-13-54(14-16-55)40-20-35-36(53(40)4)18-34(50-51-35)32-7-5-6-8-38(32)58/h5-12,18-20,22-23,25-26,31,37,41,57-58H,13-17,21,24H2,1-4H3,(H,46,59)/t31-,37+,41+/m1/s1. The monoisotopic (exact) mass is 853 g/mol. The fourth-order valence-electron chi connectivity index (χ4n) is 8.43. The SMILES string of the molecule is Cc1ncsc1-c1ccc(CNC(=O)[C@@H]2C[C@@H](O)CN2C(=O)[C@H](c2cc(-c3cnc(N4CCN(c5cc6nnc(-c7ccccc7O)cc6n5C)CC4)nc3)no2)C(C)C)cc1. The minimum absolute atomic E-state index is 0.0476. The van der Waals surface area contributed by atoms with E-state index < -0.39 is 18.1 Å². The Kier molecular flexibility index (Phi) is 11.1. The van der Waals surface area contributed by atoms with E-state index in [1.54, 1.807) is 41.9 Å². The number of phenols is 1. The van der Waals surface area contributed by atoms with Gasteiger partial charge in [-0.05, 0) is 42.2 Å². The summed E-state index contributed by atoms with van der Waals surface area (Å²) in [6.45, 7) is 9.04. The van der Waals surface area contributed by atoms with Crippen LogP contribution in [0.25, 0.3) is 44.0 Å². The normalized spacial score (nSPS) is 17.3. The van der Waals surface area contributed by atoms with Gasteiger partial charge in [0, 0.05) is 88.4 Å². The summed E-state index contributed by atoms with van der Waals surface area (Å²) >= 11 is 1.59. The summed E-state index contributed by atoms with van der Waals surface area (Å²) in [5.74, 6) is 0.611. The van der Waals surface area contributed by atoms with Gasteiger partial charge < -0.3 is 39.3 Å². The highest BCUT2D eigenvalue weighted by molar-refractivity contribution is 7.13. The number of thiazole rings is 1. The predicted octanol–water partition coefficient (Wildman–Crippen LogP) is 5.56. The van der Waals surface area contributed by atoms with Gasteiger partial charge in [-0.2, -0.15) is 0 Å². The third-order valence-corrected chi connectivity index (χ3v) is 12.8. The van der Waals surface area contributed by atoms with Crippen LogP contribution in [0.5, 0.6) is 5.75 Å². The highest BCUT2D eigenvalue weighted by Gasteiger charge is 2.43. The molecule has 16 nitrogen and oxygen atoms in total. The zero-order chi connectivity index (χ0) is 43.1. The van der Waals surface area contributed by atoms with Crippen LogP contribution in [-0.4, -0.2) is 107 Å². The Morgan fingerprint density at radius 1 is 0.919 bits per heavy atom. The zero-order valence-electron chi connectivity index (χ0n) is 34.8. The third-order valence-electron chi connectivity index (χ3n) is 11.8. The van der Waals surface area contributed by atoms with Crippen LogP contribution in [-0.2, 0) is 23.2 Å². The van der Waals surface area contributed by atoms with Gasteiger partial charge in [0.25, 0.3) is 0 Å². The molecule has 2 aromatic carbocycles. The van der Waals surface area contributed by atoms with Crippen molar-refractivity contribution in [1.82, 2.24) is 45.1 Å². The second-order valence-electron chi connectivity index (χ2n) is 16.2. The number of hydrogen-bond donors (Lipinski definition) is 3. The Bertz CT molecular complexity index is 2720. The molecule has 62 heavy (non-hydrogen) atoms. The first-order valence-electron chi connectivity index (χ1n) is 20.7. The largest absolute Gasteiger partial charge is 0.507 e. The van der Waals surface area contributed by atoms with E-state index in [1.165, 1.54) is 4.90 Å². The molecule has 0 saturated carbocycles. The topological polar surface area (TPSA) is 192 Å². The summed E-state index contributed by atoms with van der Waals surface area (Å²) in [7, 11) is 2.01. The molecule has 2 amide bonds. The van der Waals surface area contributed by atoms with Crippen LogP contribution in [0.2, 0.25) is 0 Å². The summed E-state index contributed by atoms with van der Waals surface area (Å²) in [5, 5.41) is 37.1. The Hall–Kier alpha value is -6.72. The van der Waals surface area contributed by atoms with Crippen LogP contribution in [0.4, 0.5) is 11.8 Å². The number of aryl methyl sites for hydroxylation is 2. The molecule has 2 saturated heterocycles. The van der Waals surface area contributed by atoms with Crippen LogP contribution < -0.4 is 15.1 Å². The van der Waals surface area contributed by atoms with Gasteiger partial charge in [-0.25, -0.2) is 15.0 Å². The number of β-amino-alcohol motifs (C(OH)–C–C–N with tert-alkyl or cyclic N) is 1. The van der Waals surface area contributed by atoms with Crippen LogP contribution in [0.1, 0.15) is 43.2 Å². The number of carbonyl (C=O) groups is 2. The lowest BCUT2D eigenvalue weighted by molar-refractivity contribution is -0.141. The smallest absolute Gasteiger partial charge is 0.243 e. The van der Waals surface area contributed by atoms with Gasteiger partial charge in [-0.1, -0.05) is 55.4 Å². The number of nitrogens with zero attached hydrogens (tertiary/aromatic N) is 10. The van der Waals surface area contributed by atoms with Crippen molar-refractivity contribution in [2.24, 2.45) is 13.0 Å². The molecule has 5 aromatic heterocycles. The number of rotatable bonds is 11. The second-order valence-corrected chi connectivity index (χ2v) is 17.1. The van der Waals surface area contributed by atoms with E-state index in [0.29, 0.717) is 47.3 Å². The number of aromatic hydroxyl groups is 1. The van der Waals surface area contributed by atoms with E-state index in [2.05, 4.69) is 50.0 Å². The number of carbonyl (C=O) groups excluding carboxylic acids is 2. The predicted molar refractivity (Wildman–Crippen MR) is 235 cm³/mol. The summed E-state index contributed by atoms with van der Waals surface area (Å²) in [4.78, 5) is 48.5. The summed E-state index contributed by atoms with van der Waals surface area (Å²) in [6.07, 6.45) is 2.73. The van der Waals surface area contributed by atoms with Crippen molar-refractivity contribution < 1.29 is 24.3 Å². The molecule has 7 aromatic rings. The number of hydrogen-bond acceptors (Lipinski definition) is 14. The number of aromatic nitrogens is 7. The second kappa shape index (κ2) is 17.0. The van der Waals surface area contributed by atoms with Gasteiger partial charge >= 0.3 is 0 Å². The van der Waals surface area contributed by atoms with Crippen LogP contribution in [0, 0.1) is 12.8 Å². The first kappa shape index (κ1) is 40.7. The van der Waals surface area contributed by atoms with Crippen LogP contribution >= 0.6 is 11.3 Å². The van der Waals surface area contributed by atoms with Crippen LogP contribution in [0.15, 0.2) is 89.2 Å². The molecular weight excluding hydrogens is 807 g/mol. The quantitative estimate of drug-likeness (QED) is 0.147. The number of piperazine rings is 1. The fraction of sp³-hybridized carbons (Fsp3) is 0.333. The highest BCUT2D eigenvalue weighted by atomic mass is 32.1. The third kappa shape index (κ3) is 7.96. The van der Waals surface area contributed by atoms with E-state index in [0.717, 1.165) is 51.6 Å². The molecule has 17 heteroatoms. The zero-order valence-corrected chi connectivity index (χ0v) is 35.7. The Balaban J connectivity index is 0.824. The van der Waals surface area contributed by atoms with Crippen molar-refractivity contribution in [3.63, 3.8) is 0 Å². The average molecular weight is 854 g/mol. The number of nitrogens with one attached hydrogen (secondary N) is 1. The fourth-order valence-corrected chi connectivity index (χ4v) is 9.25. The van der Waals surface area contributed by atoms with E-state index in [4.69, 9.17) is 4.52 Å². The van der Waals surface area contributed by atoms with Crippen molar-refractivity contribution in [1.29, 1.82) is 0 Å². The molecule has 0 spiro atoms. The van der Waals surface area contributed by atoms with E-state index in [-0.39, 0.29) is 43.0 Å². The van der Waals surface area contributed by atoms with Crippen molar-refractivity contribution in [2.75, 3.05) is 42.5 Å². The minimum atomic E-state index is -0.827. The number of aliphatic hydroxyl groups is 1. The Labute approximate surface area is 361 Å². The minimum Gasteiger partial charge on any atom is -0.507 e. The molecule has 318 valence electrons. The van der Waals surface area contributed by atoms with Crippen molar-refractivity contribution in [3.05, 3.63) is 102 Å². The molecule has 2 aliphatic rings. The number of para-hydroxylation sites is 1. The summed E-state index contributed by atoms with van der Waals surface area (Å²) < 4.78 is 7.91. The molecule has 2 aliphatic heterocycles. The van der Waals surface area contributed by atoms with Gasteiger partial charge in [-0.3, -0.25) is 9.59 Å². The number of amides is 2. The average Bonchev–Trinajstić information content (AvgIpc) is 4.10. The van der Waals surface area contributed by atoms with Crippen molar-refractivity contribution in [3.8, 4) is 38.7 Å². The molecule has 2 fully saturated rings. The molecule has 0 bridgehead atoms. The van der Waals surface area contributed by atoms with Crippen molar-refractivity contribution >= 4 is 46.0 Å². The van der Waals surface area contributed by atoms with E-state index in [1.807, 2.05) is 81.9 Å². The molecule has 3 atom stereocenters. The lowest BCUT2D eigenvalue weighted by atomic mass is 9.91. The van der Waals surface area contributed by atoms with Crippen LogP contribution in [0.3, 0.4) is 0 Å². The first-order chi connectivity index (χ1) is 30.0. The number of benzene rings is 2. The lowest BCUT2D eigenvalue weighted by Crippen LogP contribution is -2.48. The van der Waals surface area contributed by atoms with Gasteiger partial charge in [0.2, 0.25) is 17.8 Å². The number of anilines is 2. The lowest BCUT2D eigenvalue weighted by Gasteiger charge is -2.36. The Morgan fingerprint density at radius 2 is 1.66 bits per heavy atom. The highest BCUT2D eigenvalue weighted by Crippen LogP contribution is 2.35. The Morgan fingerprint density at radius 3 is 2.37 bits per heavy atom. The molecular formula is C45H47N11O5S. The molecule has 0 unspecified atom stereocenters. The number of fused-ring (bicyclic) bond motifs is 1. The van der Waals surface area contributed by atoms with E-state index in [9.17, 15) is 19.8 Å². The molecule has 7 heterocycles.